The molecule has 78 heavy (non-hydrogen) atoms. The van der Waals surface area contributed by atoms with Gasteiger partial charge in [0.15, 0.2) is 0 Å². The summed E-state index contributed by atoms with van der Waals surface area (Å²) in [5, 5.41) is 0. The van der Waals surface area contributed by atoms with Crippen molar-refractivity contribution in [2.45, 2.75) is 131 Å². The van der Waals surface area contributed by atoms with Crippen LogP contribution >= 0.6 is 0 Å². The molecule has 0 spiro atoms. The zero-order valence-electron chi connectivity index (χ0n) is 50.5. The molecule has 0 aliphatic rings. The molecule has 8 aromatic rings. The second-order valence-electron chi connectivity index (χ2n) is 20.3. The molecule has 0 aliphatic carbocycles. The first kappa shape index (κ1) is 64.0. The van der Waals surface area contributed by atoms with Gasteiger partial charge in [-0.2, -0.15) is 36.4 Å². The average molecular weight is 1120 g/mol. The van der Waals surface area contributed by atoms with Gasteiger partial charge in [-0.3, -0.25) is 0 Å². The Morgan fingerprint density at radius 3 is 0.782 bits per heavy atom. The van der Waals surface area contributed by atoms with Crippen LogP contribution in [0.2, 0.25) is 0 Å². The van der Waals surface area contributed by atoms with Crippen LogP contribution in [0.25, 0.3) is 0 Å². The van der Waals surface area contributed by atoms with E-state index in [1.807, 2.05) is 136 Å². The molecule has 0 N–H and O–H groups in total. The SMILES string of the molecule is CCc1cc(C)c(Oc2cc(C)c(C)c(C)c2)c(C)c1.COc1c(C)cc(Oc2c(C)c[c-]cc2C)cc1C.COc1c(C)cc(Oc2c(C)c[c-]cc2C)cc1C.COc1c(C)cc(Oc2c(C)cccc2C)cc1C.[Y]. The standard InChI is InChI=1S/C19H24O.C17H20O2.2C17H19O2.Y/c1-7-17-8-14(4)19(15(5)9-17)20-18-10-12(2)16(6)13(3)11-18;3*1-11-7-6-8-12(2)17(11)19-15-9-13(3)16(18-5)14(4)10-15;/h8-11H,7H2,1-6H3;6-10H,1-5H3;2*7-10H,1-5H3;/q;;2*-1;. The van der Waals surface area contributed by atoms with Crippen molar-refractivity contribution < 1.29 is 65.9 Å². The monoisotopic (exact) mass is 1120 g/mol. The van der Waals surface area contributed by atoms with E-state index in [1.54, 1.807) is 21.3 Å². The Balaban J connectivity index is 0.000000223. The van der Waals surface area contributed by atoms with Crippen LogP contribution in [0.15, 0.2) is 103 Å². The van der Waals surface area contributed by atoms with Gasteiger partial charge in [0.25, 0.3) is 0 Å². The van der Waals surface area contributed by atoms with Crippen molar-refractivity contribution in [1.82, 2.24) is 0 Å². The summed E-state index contributed by atoms with van der Waals surface area (Å²) in [6, 6.07) is 40.8. The summed E-state index contributed by atoms with van der Waals surface area (Å²) in [7, 11) is 5.08. The van der Waals surface area contributed by atoms with Crippen LogP contribution < -0.4 is 33.2 Å². The third kappa shape index (κ3) is 16.7. The molecular weight excluding hydrogens is 1040 g/mol. The van der Waals surface area contributed by atoms with E-state index in [0.717, 1.165) is 136 Å². The Kier molecular flexibility index (Phi) is 24.2. The number of benzene rings is 8. The Hall–Kier alpha value is -6.54. The van der Waals surface area contributed by atoms with Crippen LogP contribution in [0.4, 0.5) is 0 Å². The molecule has 0 bridgehead atoms. The first-order valence-electron chi connectivity index (χ1n) is 26.4. The summed E-state index contributed by atoms with van der Waals surface area (Å²) < 4.78 is 40.4. The molecule has 0 fully saturated rings. The zero-order chi connectivity index (χ0) is 56.8. The van der Waals surface area contributed by atoms with E-state index in [-0.39, 0.29) is 32.7 Å². The van der Waals surface area contributed by atoms with Crippen molar-refractivity contribution in [3.05, 3.63) is 215 Å². The van der Waals surface area contributed by atoms with Crippen LogP contribution in [0, 0.1) is 130 Å². The van der Waals surface area contributed by atoms with E-state index >= 15 is 0 Å². The van der Waals surface area contributed by atoms with E-state index in [0.29, 0.717) is 0 Å². The smallest absolute Gasteiger partial charge is 0.133 e. The number of methoxy groups -OCH3 is 3. The molecule has 8 heteroatoms. The molecule has 1 radical (unpaired) electrons. The molecule has 7 nitrogen and oxygen atoms in total. The van der Waals surface area contributed by atoms with Crippen LogP contribution in [-0.2, 0) is 39.1 Å². The number of rotatable bonds is 12. The van der Waals surface area contributed by atoms with Crippen LogP contribution in [-0.4, -0.2) is 21.3 Å². The number of ether oxygens (including phenoxy) is 7. The topological polar surface area (TPSA) is 64.6 Å². The fourth-order valence-corrected chi connectivity index (χ4v) is 9.56. The summed E-state index contributed by atoms with van der Waals surface area (Å²) in [5.74, 6) is 9.97. The zero-order valence-corrected chi connectivity index (χ0v) is 53.3. The Morgan fingerprint density at radius 2 is 0.526 bits per heavy atom. The number of aryl methyl sites for hydroxylation is 17. The molecule has 8 aromatic carbocycles. The largest absolute Gasteiger partial charge is 0.496 e. The third-order valence-corrected chi connectivity index (χ3v) is 13.7. The minimum Gasteiger partial charge on any atom is -0.496 e. The van der Waals surface area contributed by atoms with Gasteiger partial charge in [0, 0.05) is 44.2 Å². The van der Waals surface area contributed by atoms with E-state index < -0.39 is 0 Å². The summed E-state index contributed by atoms with van der Waals surface area (Å²) >= 11 is 0. The van der Waals surface area contributed by atoms with Gasteiger partial charge in [-0.05, 0) is 223 Å². The van der Waals surface area contributed by atoms with Crippen LogP contribution in [0.3, 0.4) is 0 Å². The van der Waals surface area contributed by atoms with Gasteiger partial charge in [0.1, 0.15) is 51.7 Å². The maximum Gasteiger partial charge on any atom is 0.133 e. The van der Waals surface area contributed by atoms with Crippen molar-refractivity contribution in [3.63, 3.8) is 0 Å². The van der Waals surface area contributed by atoms with E-state index in [9.17, 15) is 0 Å². The van der Waals surface area contributed by atoms with Gasteiger partial charge in [-0.15, -0.1) is 22.3 Å². The van der Waals surface area contributed by atoms with Crippen molar-refractivity contribution in [2.24, 2.45) is 0 Å². The van der Waals surface area contributed by atoms with Gasteiger partial charge in [0.2, 0.25) is 0 Å². The fourth-order valence-electron chi connectivity index (χ4n) is 9.56. The van der Waals surface area contributed by atoms with E-state index in [4.69, 9.17) is 33.2 Å². The Morgan fingerprint density at radius 1 is 0.295 bits per heavy atom. The van der Waals surface area contributed by atoms with Crippen LogP contribution in [0.1, 0.15) is 107 Å². The average Bonchev–Trinajstić information content (AvgIpc) is 3.36. The normalized spacial score (nSPS) is 10.3. The molecule has 8 rings (SSSR count). The first-order chi connectivity index (χ1) is 36.5. The quantitative estimate of drug-likeness (QED) is 0.113. The third-order valence-electron chi connectivity index (χ3n) is 13.7. The minimum absolute atomic E-state index is 0. The van der Waals surface area contributed by atoms with E-state index in [2.05, 4.69) is 104 Å². The maximum atomic E-state index is 6.16. The molecule has 0 amide bonds. The maximum absolute atomic E-state index is 6.16. The number of para-hydroxylation sites is 1. The predicted molar refractivity (Wildman–Crippen MR) is 319 cm³/mol. The summed E-state index contributed by atoms with van der Waals surface area (Å²) in [6.45, 7) is 37.2. The molecular formula is C70H82O7Y-2. The van der Waals surface area contributed by atoms with Gasteiger partial charge >= 0.3 is 0 Å². The molecule has 0 aliphatic heterocycles. The summed E-state index contributed by atoms with van der Waals surface area (Å²) in [5.41, 5.74) is 20.8. The van der Waals surface area contributed by atoms with Gasteiger partial charge < -0.3 is 33.2 Å². The second-order valence-corrected chi connectivity index (χ2v) is 20.3. The van der Waals surface area contributed by atoms with Crippen molar-refractivity contribution in [1.29, 1.82) is 0 Å². The Bertz CT molecular complexity index is 2900. The second kappa shape index (κ2) is 29.4. The fraction of sp³-hybridized carbons (Fsp3) is 0.314. The minimum atomic E-state index is 0. The summed E-state index contributed by atoms with van der Waals surface area (Å²) in [4.78, 5) is 0. The molecule has 0 saturated heterocycles. The number of hydrogen-bond acceptors (Lipinski definition) is 7. The molecule has 0 atom stereocenters. The van der Waals surface area contributed by atoms with Crippen molar-refractivity contribution in [3.8, 4) is 63.2 Å². The molecule has 0 unspecified atom stereocenters. The predicted octanol–water partition coefficient (Wildman–Crippen LogP) is 19.3. The first-order valence-corrected chi connectivity index (χ1v) is 26.4. The molecule has 0 aromatic heterocycles. The van der Waals surface area contributed by atoms with Gasteiger partial charge in [-0.1, -0.05) is 65.0 Å². The molecule has 0 heterocycles. The molecule has 0 saturated carbocycles. The number of hydrogen-bond donors (Lipinski definition) is 0. The van der Waals surface area contributed by atoms with Crippen LogP contribution in [0.5, 0.6) is 63.2 Å². The molecule has 409 valence electrons. The van der Waals surface area contributed by atoms with E-state index in [1.165, 1.54) is 33.4 Å². The van der Waals surface area contributed by atoms with Crippen molar-refractivity contribution in [2.75, 3.05) is 21.3 Å². The van der Waals surface area contributed by atoms with Gasteiger partial charge in [-0.25, -0.2) is 0 Å². The van der Waals surface area contributed by atoms with Crippen molar-refractivity contribution >= 4 is 0 Å². The Labute approximate surface area is 493 Å². The van der Waals surface area contributed by atoms with Gasteiger partial charge in [0.05, 0.1) is 21.3 Å². The summed E-state index contributed by atoms with van der Waals surface area (Å²) in [6.07, 6.45) is 1.06.